The molecule has 0 nitrogen and oxygen atoms in total. The summed E-state index contributed by atoms with van der Waals surface area (Å²) in [6.45, 7) is 2.25. The molecule has 3 aromatic carbocycles. The van der Waals surface area contributed by atoms with Crippen molar-refractivity contribution in [1.82, 2.24) is 0 Å². The second-order valence-electron chi connectivity index (χ2n) is 5.20. The van der Waals surface area contributed by atoms with Crippen molar-refractivity contribution in [2.24, 2.45) is 0 Å². The standard InChI is InChI=1S/C21H19P/c1-18(17-19-11-5-2-6-12-19)22(20-13-7-3-8-14-20)21-15-9-4-10-16-21/h2-17H,1H3/b18-17+. The molecular formula is C21H19P. The van der Waals surface area contributed by atoms with Crippen LogP contribution in [0.4, 0.5) is 0 Å². The Kier molecular flexibility index (Phi) is 4.83. The highest BCUT2D eigenvalue weighted by molar-refractivity contribution is 7.76. The van der Waals surface area contributed by atoms with Crippen LogP contribution in [-0.4, -0.2) is 0 Å². The van der Waals surface area contributed by atoms with E-state index in [1.807, 2.05) is 0 Å². The van der Waals surface area contributed by atoms with E-state index in [9.17, 15) is 0 Å². The lowest BCUT2D eigenvalue weighted by Gasteiger charge is -2.19. The molecule has 0 aliphatic carbocycles. The van der Waals surface area contributed by atoms with Gasteiger partial charge in [0.05, 0.1) is 0 Å². The highest BCUT2D eigenvalue weighted by Gasteiger charge is 2.15. The van der Waals surface area contributed by atoms with Crippen LogP contribution in [0.5, 0.6) is 0 Å². The van der Waals surface area contributed by atoms with Crippen molar-refractivity contribution in [3.05, 3.63) is 102 Å². The van der Waals surface area contributed by atoms with Crippen LogP contribution in [0.1, 0.15) is 12.5 Å². The average molecular weight is 302 g/mol. The summed E-state index contributed by atoms with van der Waals surface area (Å²) in [6.07, 6.45) is 2.31. The van der Waals surface area contributed by atoms with Gasteiger partial charge in [0.25, 0.3) is 0 Å². The predicted molar refractivity (Wildman–Crippen MR) is 99.2 cm³/mol. The Morgan fingerprint density at radius 2 is 1.05 bits per heavy atom. The van der Waals surface area contributed by atoms with Gasteiger partial charge in [-0.15, -0.1) is 0 Å². The number of benzene rings is 3. The normalized spacial score (nSPS) is 11.6. The first-order valence-electron chi connectivity index (χ1n) is 7.48. The minimum Gasteiger partial charge on any atom is -0.0622 e. The summed E-state index contributed by atoms with van der Waals surface area (Å²) in [5.74, 6) is 0. The van der Waals surface area contributed by atoms with E-state index in [-0.39, 0.29) is 0 Å². The number of hydrogen-bond acceptors (Lipinski definition) is 0. The number of allylic oxidation sites excluding steroid dienone is 1. The molecule has 0 saturated heterocycles. The largest absolute Gasteiger partial charge is 0.0622 e. The Morgan fingerprint density at radius 3 is 1.50 bits per heavy atom. The Balaban J connectivity index is 2.04. The fraction of sp³-hybridized carbons (Fsp3) is 0.0476. The minimum atomic E-state index is -0.475. The molecule has 0 aliphatic heterocycles. The molecule has 0 spiro atoms. The van der Waals surface area contributed by atoms with Crippen LogP contribution < -0.4 is 10.6 Å². The second-order valence-corrected chi connectivity index (χ2v) is 7.61. The maximum atomic E-state index is 2.31. The highest BCUT2D eigenvalue weighted by atomic mass is 31.1. The Morgan fingerprint density at radius 1 is 0.636 bits per heavy atom. The first kappa shape index (κ1) is 14.8. The predicted octanol–water partition coefficient (Wildman–Crippen LogP) is 5.18. The SMILES string of the molecule is C/C(=C\c1ccccc1)P(c1ccccc1)c1ccccc1. The highest BCUT2D eigenvalue weighted by Crippen LogP contribution is 2.43. The van der Waals surface area contributed by atoms with Gasteiger partial charge >= 0.3 is 0 Å². The van der Waals surface area contributed by atoms with E-state index in [1.165, 1.54) is 21.5 Å². The lowest BCUT2D eigenvalue weighted by Crippen LogP contribution is -2.11. The van der Waals surface area contributed by atoms with E-state index < -0.39 is 7.92 Å². The fourth-order valence-corrected chi connectivity index (χ4v) is 4.90. The quantitative estimate of drug-likeness (QED) is 0.582. The summed E-state index contributed by atoms with van der Waals surface area (Å²) in [5, 5.41) is 4.21. The Bertz CT molecular complexity index is 691. The maximum absolute atomic E-state index is 2.31. The van der Waals surface area contributed by atoms with Gasteiger partial charge < -0.3 is 0 Å². The van der Waals surface area contributed by atoms with E-state index in [4.69, 9.17) is 0 Å². The van der Waals surface area contributed by atoms with Crippen LogP contribution in [0.25, 0.3) is 6.08 Å². The first-order valence-corrected chi connectivity index (χ1v) is 8.82. The van der Waals surface area contributed by atoms with Crippen LogP contribution in [0.15, 0.2) is 96.3 Å². The molecule has 0 aromatic heterocycles. The lowest BCUT2D eigenvalue weighted by atomic mass is 10.2. The molecule has 0 bridgehead atoms. The molecule has 0 fully saturated rings. The molecule has 1 heteroatoms. The smallest absolute Gasteiger partial charge is 0.0154 e. The van der Waals surface area contributed by atoms with Gasteiger partial charge in [0.2, 0.25) is 0 Å². The Labute approximate surface area is 133 Å². The first-order chi connectivity index (χ1) is 10.8. The molecule has 22 heavy (non-hydrogen) atoms. The third-order valence-electron chi connectivity index (χ3n) is 3.56. The van der Waals surface area contributed by atoms with E-state index in [1.54, 1.807) is 0 Å². The zero-order valence-corrected chi connectivity index (χ0v) is 13.6. The van der Waals surface area contributed by atoms with E-state index in [2.05, 4.69) is 104 Å². The lowest BCUT2D eigenvalue weighted by molar-refractivity contribution is 1.62. The van der Waals surface area contributed by atoms with Gasteiger partial charge in [-0.3, -0.25) is 0 Å². The number of hydrogen-bond donors (Lipinski definition) is 0. The third-order valence-corrected chi connectivity index (χ3v) is 6.02. The van der Waals surface area contributed by atoms with Crippen molar-refractivity contribution in [2.45, 2.75) is 6.92 Å². The molecule has 0 atom stereocenters. The second kappa shape index (κ2) is 7.20. The molecule has 108 valence electrons. The van der Waals surface area contributed by atoms with Crippen LogP contribution in [0.2, 0.25) is 0 Å². The van der Waals surface area contributed by atoms with E-state index in [0.717, 1.165) is 0 Å². The van der Waals surface area contributed by atoms with Gasteiger partial charge in [-0.1, -0.05) is 97.1 Å². The van der Waals surface area contributed by atoms with Crippen LogP contribution in [0.3, 0.4) is 0 Å². The zero-order valence-electron chi connectivity index (χ0n) is 12.7. The third kappa shape index (κ3) is 3.53. The topological polar surface area (TPSA) is 0 Å². The van der Waals surface area contributed by atoms with Crippen LogP contribution >= 0.6 is 7.92 Å². The van der Waals surface area contributed by atoms with Crippen molar-refractivity contribution in [2.75, 3.05) is 0 Å². The van der Waals surface area contributed by atoms with Gasteiger partial charge in [0.15, 0.2) is 0 Å². The zero-order chi connectivity index (χ0) is 15.2. The molecule has 0 saturated carbocycles. The van der Waals surface area contributed by atoms with E-state index in [0.29, 0.717) is 0 Å². The maximum Gasteiger partial charge on any atom is -0.0154 e. The summed E-state index contributed by atoms with van der Waals surface area (Å²) in [5.41, 5.74) is 1.26. The minimum absolute atomic E-state index is 0.475. The number of rotatable bonds is 4. The van der Waals surface area contributed by atoms with Crippen molar-refractivity contribution in [1.29, 1.82) is 0 Å². The molecule has 3 aromatic rings. The molecule has 0 radical (unpaired) electrons. The molecule has 0 heterocycles. The van der Waals surface area contributed by atoms with Crippen LogP contribution in [0, 0.1) is 0 Å². The van der Waals surface area contributed by atoms with E-state index >= 15 is 0 Å². The monoisotopic (exact) mass is 302 g/mol. The molecule has 0 unspecified atom stereocenters. The van der Waals surface area contributed by atoms with Gasteiger partial charge in [-0.25, -0.2) is 0 Å². The van der Waals surface area contributed by atoms with Crippen molar-refractivity contribution in [3.8, 4) is 0 Å². The van der Waals surface area contributed by atoms with Crippen molar-refractivity contribution < 1.29 is 0 Å². The summed E-state index contributed by atoms with van der Waals surface area (Å²) in [7, 11) is -0.475. The summed E-state index contributed by atoms with van der Waals surface area (Å²) < 4.78 is 0. The summed E-state index contributed by atoms with van der Waals surface area (Å²) >= 11 is 0. The average Bonchev–Trinajstić information content (AvgIpc) is 2.58. The molecule has 0 N–H and O–H groups in total. The molecular weight excluding hydrogens is 283 g/mol. The van der Waals surface area contributed by atoms with Crippen molar-refractivity contribution in [3.63, 3.8) is 0 Å². The van der Waals surface area contributed by atoms with Crippen LogP contribution in [-0.2, 0) is 0 Å². The van der Waals surface area contributed by atoms with Gasteiger partial charge in [0.1, 0.15) is 0 Å². The van der Waals surface area contributed by atoms with Crippen molar-refractivity contribution >= 4 is 24.6 Å². The summed E-state index contributed by atoms with van der Waals surface area (Å²) in [6, 6.07) is 32.2. The molecule has 3 rings (SSSR count). The van der Waals surface area contributed by atoms with Gasteiger partial charge in [-0.05, 0) is 36.3 Å². The molecule has 0 amide bonds. The fourth-order valence-electron chi connectivity index (χ4n) is 2.57. The summed E-state index contributed by atoms with van der Waals surface area (Å²) in [4.78, 5) is 0. The van der Waals surface area contributed by atoms with Gasteiger partial charge in [-0.2, -0.15) is 0 Å². The molecule has 0 aliphatic rings. The van der Waals surface area contributed by atoms with Gasteiger partial charge in [0, 0.05) is 0 Å². The Hall–Kier alpha value is -2.17.